The first-order valence-electron chi connectivity index (χ1n) is 6.24. The first-order valence-corrected chi connectivity index (χ1v) is 6.24. The highest BCUT2D eigenvalue weighted by Gasteiger charge is 2.34. The molecular formula is C13H22N2O3. The molecule has 2 amide bonds. The summed E-state index contributed by atoms with van der Waals surface area (Å²) in [6.45, 7) is 6.17. The summed E-state index contributed by atoms with van der Waals surface area (Å²) < 4.78 is 5.46. The Hall–Kier alpha value is -1.36. The van der Waals surface area contributed by atoms with Crippen molar-refractivity contribution in [2.75, 3.05) is 27.2 Å². The topological polar surface area (TPSA) is 49.9 Å². The van der Waals surface area contributed by atoms with Crippen LogP contribution in [-0.2, 0) is 14.3 Å². The van der Waals surface area contributed by atoms with E-state index in [4.69, 9.17) is 4.74 Å². The summed E-state index contributed by atoms with van der Waals surface area (Å²) >= 11 is 0. The zero-order valence-electron chi connectivity index (χ0n) is 11.4. The lowest BCUT2D eigenvalue weighted by molar-refractivity contribution is -0.141. The van der Waals surface area contributed by atoms with Gasteiger partial charge in [-0.1, -0.05) is 6.58 Å². The summed E-state index contributed by atoms with van der Waals surface area (Å²) in [4.78, 5) is 26.3. The molecule has 0 spiro atoms. The van der Waals surface area contributed by atoms with Crippen LogP contribution < -0.4 is 0 Å². The molecule has 1 saturated carbocycles. The van der Waals surface area contributed by atoms with E-state index in [-0.39, 0.29) is 30.5 Å². The maximum Gasteiger partial charge on any atom is 0.246 e. The minimum atomic E-state index is -0.238. The van der Waals surface area contributed by atoms with Gasteiger partial charge in [0.2, 0.25) is 11.8 Å². The standard InChI is InChI=1S/C13H22N2O3/c1-5-12(16)14(3)9-13(17)15(4)10-7-11(8-10)18-6-2/h5,10-11H,1,6-9H2,2-4H3. The number of carbonyl (C=O) groups excluding carboxylic acids is 2. The molecule has 5 nitrogen and oxygen atoms in total. The number of ether oxygens (including phenoxy) is 1. The number of hydrogen-bond donors (Lipinski definition) is 0. The Bertz CT molecular complexity index is 324. The second kappa shape index (κ2) is 6.54. The van der Waals surface area contributed by atoms with Crippen LogP contribution in [0, 0.1) is 0 Å². The van der Waals surface area contributed by atoms with Crippen molar-refractivity contribution in [2.45, 2.75) is 31.9 Å². The molecule has 0 atom stereocenters. The van der Waals surface area contributed by atoms with E-state index in [0.717, 1.165) is 12.8 Å². The van der Waals surface area contributed by atoms with Crippen molar-refractivity contribution in [1.82, 2.24) is 9.80 Å². The lowest BCUT2D eigenvalue weighted by atomic mass is 9.88. The maximum atomic E-state index is 11.9. The normalized spacial score (nSPS) is 21.9. The van der Waals surface area contributed by atoms with Crippen molar-refractivity contribution in [3.8, 4) is 0 Å². The van der Waals surface area contributed by atoms with Gasteiger partial charge >= 0.3 is 0 Å². The largest absolute Gasteiger partial charge is 0.378 e. The number of hydrogen-bond acceptors (Lipinski definition) is 3. The first kappa shape index (κ1) is 14.7. The predicted molar refractivity (Wildman–Crippen MR) is 69.0 cm³/mol. The summed E-state index contributed by atoms with van der Waals surface area (Å²) in [5.41, 5.74) is 0. The van der Waals surface area contributed by atoms with Crippen LogP contribution in [0.2, 0.25) is 0 Å². The van der Waals surface area contributed by atoms with Gasteiger partial charge in [-0.3, -0.25) is 9.59 Å². The highest BCUT2D eigenvalue weighted by molar-refractivity contribution is 5.90. The average Bonchev–Trinajstić information content (AvgIpc) is 2.31. The van der Waals surface area contributed by atoms with Crippen LogP contribution in [-0.4, -0.2) is 61.0 Å². The molecule has 1 aliphatic rings. The van der Waals surface area contributed by atoms with Crippen molar-refractivity contribution in [3.63, 3.8) is 0 Å². The molecule has 5 heteroatoms. The van der Waals surface area contributed by atoms with Gasteiger partial charge in [-0.15, -0.1) is 0 Å². The molecule has 1 rings (SSSR count). The van der Waals surface area contributed by atoms with E-state index in [2.05, 4.69) is 6.58 Å². The van der Waals surface area contributed by atoms with E-state index in [1.807, 2.05) is 6.92 Å². The van der Waals surface area contributed by atoms with Gasteiger partial charge in [0.15, 0.2) is 0 Å². The minimum absolute atomic E-state index is 0.0485. The van der Waals surface area contributed by atoms with Crippen molar-refractivity contribution >= 4 is 11.8 Å². The Morgan fingerprint density at radius 1 is 1.39 bits per heavy atom. The zero-order chi connectivity index (χ0) is 13.7. The van der Waals surface area contributed by atoms with Crippen LogP contribution in [0.1, 0.15) is 19.8 Å². The molecule has 0 unspecified atom stereocenters. The van der Waals surface area contributed by atoms with Gasteiger partial charge in [0, 0.05) is 26.7 Å². The van der Waals surface area contributed by atoms with Crippen molar-refractivity contribution in [1.29, 1.82) is 0 Å². The molecule has 0 radical (unpaired) electrons. The number of likely N-dealkylation sites (N-methyl/N-ethyl adjacent to an activating group) is 2. The SMILES string of the molecule is C=CC(=O)N(C)CC(=O)N(C)C1CC(OCC)C1. The number of nitrogens with zero attached hydrogens (tertiary/aromatic N) is 2. The molecule has 0 heterocycles. The third-order valence-electron chi connectivity index (χ3n) is 3.34. The molecule has 0 aliphatic heterocycles. The second-order valence-corrected chi connectivity index (χ2v) is 4.61. The number of carbonyl (C=O) groups is 2. The number of amides is 2. The fourth-order valence-corrected chi connectivity index (χ4v) is 1.98. The first-order chi connectivity index (χ1) is 8.49. The van der Waals surface area contributed by atoms with Gasteiger partial charge in [0.05, 0.1) is 12.6 Å². The monoisotopic (exact) mass is 254 g/mol. The summed E-state index contributed by atoms with van der Waals surface area (Å²) in [6, 6.07) is 0.237. The molecule has 0 bridgehead atoms. The average molecular weight is 254 g/mol. The van der Waals surface area contributed by atoms with E-state index in [9.17, 15) is 9.59 Å². The van der Waals surface area contributed by atoms with Gasteiger partial charge in [-0.05, 0) is 25.8 Å². The number of rotatable bonds is 6. The lowest BCUT2D eigenvalue weighted by Gasteiger charge is -2.41. The molecular weight excluding hydrogens is 232 g/mol. The van der Waals surface area contributed by atoms with E-state index >= 15 is 0 Å². The van der Waals surface area contributed by atoms with Crippen LogP contribution in [0.5, 0.6) is 0 Å². The van der Waals surface area contributed by atoms with Crippen molar-refractivity contribution in [3.05, 3.63) is 12.7 Å². The van der Waals surface area contributed by atoms with Crippen LogP contribution in [0.15, 0.2) is 12.7 Å². The smallest absolute Gasteiger partial charge is 0.246 e. The summed E-state index contributed by atoms with van der Waals surface area (Å²) in [5, 5.41) is 0. The molecule has 0 N–H and O–H groups in total. The molecule has 0 aromatic heterocycles. The van der Waals surface area contributed by atoms with Crippen LogP contribution in [0.4, 0.5) is 0 Å². The third kappa shape index (κ3) is 3.57. The molecule has 1 fully saturated rings. The fraction of sp³-hybridized carbons (Fsp3) is 0.692. The zero-order valence-corrected chi connectivity index (χ0v) is 11.4. The quantitative estimate of drug-likeness (QED) is 0.654. The maximum absolute atomic E-state index is 11.9. The van der Waals surface area contributed by atoms with Crippen molar-refractivity contribution in [2.24, 2.45) is 0 Å². The Kier molecular flexibility index (Phi) is 5.34. The Balaban J connectivity index is 2.34. The van der Waals surface area contributed by atoms with E-state index in [1.165, 1.54) is 11.0 Å². The van der Waals surface area contributed by atoms with Crippen LogP contribution >= 0.6 is 0 Å². The van der Waals surface area contributed by atoms with Gasteiger partial charge in [0.25, 0.3) is 0 Å². The Morgan fingerprint density at radius 3 is 2.50 bits per heavy atom. The highest BCUT2D eigenvalue weighted by atomic mass is 16.5. The summed E-state index contributed by atoms with van der Waals surface area (Å²) in [7, 11) is 3.38. The van der Waals surface area contributed by atoms with Crippen molar-refractivity contribution < 1.29 is 14.3 Å². The van der Waals surface area contributed by atoms with Gasteiger partial charge in [0.1, 0.15) is 0 Å². The van der Waals surface area contributed by atoms with E-state index in [0.29, 0.717) is 6.61 Å². The summed E-state index contributed by atoms with van der Waals surface area (Å²) in [5.74, 6) is -0.287. The molecule has 1 aliphatic carbocycles. The molecule has 0 saturated heterocycles. The molecule has 18 heavy (non-hydrogen) atoms. The van der Waals surface area contributed by atoms with Gasteiger partial charge in [-0.2, -0.15) is 0 Å². The van der Waals surface area contributed by atoms with Crippen LogP contribution in [0.25, 0.3) is 0 Å². The second-order valence-electron chi connectivity index (χ2n) is 4.61. The third-order valence-corrected chi connectivity index (χ3v) is 3.34. The van der Waals surface area contributed by atoms with Gasteiger partial charge < -0.3 is 14.5 Å². The van der Waals surface area contributed by atoms with Crippen LogP contribution in [0.3, 0.4) is 0 Å². The van der Waals surface area contributed by atoms with E-state index < -0.39 is 0 Å². The predicted octanol–water partition coefficient (Wildman–Crippen LogP) is 0.657. The Morgan fingerprint density at radius 2 is 2.00 bits per heavy atom. The highest BCUT2D eigenvalue weighted by Crippen LogP contribution is 2.27. The minimum Gasteiger partial charge on any atom is -0.378 e. The summed E-state index contributed by atoms with van der Waals surface area (Å²) in [6.07, 6.45) is 3.26. The molecule has 0 aromatic rings. The Labute approximate surface area is 108 Å². The fourth-order valence-electron chi connectivity index (χ4n) is 1.98. The molecule has 102 valence electrons. The lowest BCUT2D eigenvalue weighted by Crippen LogP contribution is -2.51. The van der Waals surface area contributed by atoms with E-state index in [1.54, 1.807) is 19.0 Å². The molecule has 0 aromatic carbocycles. The van der Waals surface area contributed by atoms with Gasteiger partial charge in [-0.25, -0.2) is 0 Å².